The van der Waals surface area contributed by atoms with Crippen LogP contribution >= 0.6 is 0 Å². The van der Waals surface area contributed by atoms with Gasteiger partial charge in [-0.2, -0.15) is 8.78 Å². The number of benzene rings is 1. The van der Waals surface area contributed by atoms with Crippen LogP contribution in [0.3, 0.4) is 0 Å². The molecule has 1 rings (SSSR count). The smallest absolute Gasteiger partial charge is 0.330 e. The lowest BCUT2D eigenvalue weighted by atomic mass is 10.0. The Bertz CT molecular complexity index is 430. The Hall–Kier alpha value is -1.75. The minimum Gasteiger partial charge on any atom is -0.463 e. The van der Waals surface area contributed by atoms with E-state index < -0.39 is 18.0 Å². The third kappa shape index (κ3) is 5.18. The Labute approximate surface area is 110 Å². The lowest BCUT2D eigenvalue weighted by Crippen LogP contribution is -2.33. The van der Waals surface area contributed by atoms with Crippen LogP contribution in [-0.2, 0) is 16.0 Å². The van der Waals surface area contributed by atoms with Gasteiger partial charge in [-0.3, -0.25) is 0 Å². The summed E-state index contributed by atoms with van der Waals surface area (Å²) >= 11 is 0. The topological polar surface area (TPSA) is 46.5 Å². The maximum Gasteiger partial charge on any atom is 0.330 e. The molecule has 0 aliphatic carbocycles. The van der Waals surface area contributed by atoms with Crippen molar-refractivity contribution >= 4 is 5.97 Å². The highest BCUT2D eigenvalue weighted by atomic mass is 19.3. The van der Waals surface area contributed by atoms with E-state index in [0.717, 1.165) is 0 Å². The number of hydrogen-bond donors (Lipinski definition) is 1. The lowest BCUT2D eigenvalue weighted by Gasteiger charge is -2.19. The number of carbonyl (C=O) groups is 1. The van der Waals surface area contributed by atoms with E-state index in [-0.39, 0.29) is 13.0 Å². The Balaban J connectivity index is 2.63. The van der Waals surface area contributed by atoms with Crippen LogP contribution in [0.2, 0.25) is 0 Å². The average Bonchev–Trinajstić information content (AvgIpc) is 2.38. The number of esters is 1. The molecule has 0 spiro atoms. The van der Waals surface area contributed by atoms with Crippen molar-refractivity contribution in [2.45, 2.75) is 25.4 Å². The molecule has 0 saturated carbocycles. The molecule has 1 N–H and O–H groups in total. The van der Waals surface area contributed by atoms with Crippen molar-refractivity contribution in [3.8, 4) is 0 Å². The lowest BCUT2D eigenvalue weighted by molar-refractivity contribution is -0.137. The Morgan fingerprint density at radius 2 is 2.05 bits per heavy atom. The first-order chi connectivity index (χ1) is 8.95. The molecule has 1 aromatic rings. The Morgan fingerprint density at radius 3 is 2.63 bits per heavy atom. The summed E-state index contributed by atoms with van der Waals surface area (Å²) in [5.74, 6) is -4.34. The van der Waals surface area contributed by atoms with E-state index in [2.05, 4.69) is 4.74 Å². The van der Waals surface area contributed by atoms with Crippen molar-refractivity contribution in [3.05, 3.63) is 48.0 Å². The van der Waals surface area contributed by atoms with Crippen LogP contribution < -0.4 is 0 Å². The zero-order valence-electron chi connectivity index (χ0n) is 10.6. The van der Waals surface area contributed by atoms with Crippen LogP contribution in [0.4, 0.5) is 8.78 Å². The normalized spacial score (nSPS) is 13.5. The molecule has 0 aliphatic rings. The molecule has 1 unspecified atom stereocenters. The molecule has 3 nitrogen and oxygen atoms in total. The minimum absolute atomic E-state index is 0.112. The Kier molecular flexibility index (Phi) is 5.63. The van der Waals surface area contributed by atoms with E-state index in [1.165, 1.54) is 0 Å². The number of halogens is 2. The fourth-order valence-electron chi connectivity index (χ4n) is 1.45. The highest BCUT2D eigenvalue weighted by Gasteiger charge is 2.35. The van der Waals surface area contributed by atoms with Gasteiger partial charge >= 0.3 is 5.97 Å². The standard InChI is InChI=1S/C14H16F2O3/c1-2-19-13(18)8-9-14(15,16)12(17)10-11-6-4-3-5-7-11/h3-9,12,17H,2,10H2,1H3/b9-8+. The molecule has 0 aromatic heterocycles. The van der Waals surface area contributed by atoms with Crippen molar-refractivity contribution in [1.82, 2.24) is 0 Å². The SMILES string of the molecule is CCOC(=O)/C=C/C(F)(F)C(O)Cc1ccccc1. The fraction of sp³-hybridized carbons (Fsp3) is 0.357. The first-order valence-corrected chi connectivity index (χ1v) is 5.91. The second-order valence-corrected chi connectivity index (χ2v) is 3.97. The number of carbonyl (C=O) groups excluding carboxylic acids is 1. The average molecular weight is 270 g/mol. The van der Waals surface area contributed by atoms with Gasteiger partial charge in [0.05, 0.1) is 6.61 Å². The van der Waals surface area contributed by atoms with Crippen LogP contribution in [0.25, 0.3) is 0 Å². The second-order valence-electron chi connectivity index (χ2n) is 3.97. The zero-order valence-corrected chi connectivity index (χ0v) is 10.6. The second kappa shape index (κ2) is 6.99. The van der Waals surface area contributed by atoms with Crippen molar-refractivity contribution in [2.24, 2.45) is 0 Å². The number of ether oxygens (including phenoxy) is 1. The van der Waals surface area contributed by atoms with Gasteiger partial charge < -0.3 is 9.84 Å². The Morgan fingerprint density at radius 1 is 1.42 bits per heavy atom. The van der Waals surface area contributed by atoms with Crippen LogP contribution in [-0.4, -0.2) is 29.7 Å². The molecule has 104 valence electrons. The predicted molar refractivity (Wildman–Crippen MR) is 66.9 cm³/mol. The molecule has 1 aromatic carbocycles. The summed E-state index contributed by atoms with van der Waals surface area (Å²) in [5.41, 5.74) is 0.596. The number of aliphatic hydroxyl groups is 1. The largest absolute Gasteiger partial charge is 0.463 e. The first-order valence-electron chi connectivity index (χ1n) is 5.91. The summed E-state index contributed by atoms with van der Waals surface area (Å²) in [4.78, 5) is 10.9. The third-order valence-corrected chi connectivity index (χ3v) is 2.44. The van der Waals surface area contributed by atoms with Crippen LogP contribution in [0.1, 0.15) is 12.5 Å². The van der Waals surface area contributed by atoms with E-state index in [0.29, 0.717) is 17.7 Å². The minimum atomic E-state index is -3.48. The molecule has 19 heavy (non-hydrogen) atoms. The van der Waals surface area contributed by atoms with Gasteiger partial charge in [0.2, 0.25) is 0 Å². The quantitative estimate of drug-likeness (QED) is 0.637. The molecule has 0 bridgehead atoms. The monoisotopic (exact) mass is 270 g/mol. The predicted octanol–water partition coefficient (Wildman–Crippen LogP) is 2.34. The van der Waals surface area contributed by atoms with E-state index in [1.807, 2.05) is 0 Å². The van der Waals surface area contributed by atoms with Crippen LogP contribution in [0.15, 0.2) is 42.5 Å². The number of aliphatic hydroxyl groups excluding tert-OH is 1. The molecule has 0 aliphatic heterocycles. The highest BCUT2D eigenvalue weighted by molar-refractivity contribution is 5.82. The van der Waals surface area contributed by atoms with Gasteiger partial charge in [0.15, 0.2) is 0 Å². The van der Waals surface area contributed by atoms with Crippen molar-refractivity contribution in [1.29, 1.82) is 0 Å². The summed E-state index contributed by atoms with van der Waals surface area (Å²) in [5, 5.41) is 9.52. The number of alkyl halides is 2. The van der Waals surface area contributed by atoms with E-state index in [4.69, 9.17) is 0 Å². The molecule has 0 radical (unpaired) electrons. The van der Waals surface area contributed by atoms with Gasteiger partial charge in [-0.05, 0) is 18.6 Å². The highest BCUT2D eigenvalue weighted by Crippen LogP contribution is 2.23. The van der Waals surface area contributed by atoms with Crippen molar-refractivity contribution < 1.29 is 23.4 Å². The maximum absolute atomic E-state index is 13.6. The molecular weight excluding hydrogens is 254 g/mol. The maximum atomic E-state index is 13.6. The zero-order chi connectivity index (χ0) is 14.3. The third-order valence-electron chi connectivity index (χ3n) is 2.44. The molecule has 5 heteroatoms. The fourth-order valence-corrected chi connectivity index (χ4v) is 1.45. The molecule has 0 amide bonds. The summed E-state index contributed by atoms with van der Waals surface area (Å²) in [6, 6.07) is 8.46. The van der Waals surface area contributed by atoms with Crippen LogP contribution in [0.5, 0.6) is 0 Å². The van der Waals surface area contributed by atoms with Gasteiger partial charge in [-0.15, -0.1) is 0 Å². The molecular formula is C14H16F2O3. The van der Waals surface area contributed by atoms with Gasteiger partial charge in [-0.1, -0.05) is 30.3 Å². The summed E-state index contributed by atoms with van der Waals surface area (Å²) in [6.07, 6.45) is -1.07. The number of hydrogen-bond acceptors (Lipinski definition) is 3. The summed E-state index contributed by atoms with van der Waals surface area (Å²) in [7, 11) is 0. The van der Waals surface area contributed by atoms with E-state index in [9.17, 15) is 18.7 Å². The summed E-state index contributed by atoms with van der Waals surface area (Å²) < 4.78 is 31.6. The van der Waals surface area contributed by atoms with E-state index >= 15 is 0 Å². The van der Waals surface area contributed by atoms with Crippen molar-refractivity contribution in [2.75, 3.05) is 6.61 Å². The summed E-state index contributed by atoms with van der Waals surface area (Å²) in [6.45, 7) is 1.69. The van der Waals surface area contributed by atoms with Gasteiger partial charge in [0.1, 0.15) is 6.10 Å². The molecule has 0 fully saturated rings. The number of rotatable bonds is 6. The molecule has 0 heterocycles. The van der Waals surface area contributed by atoms with Gasteiger partial charge in [-0.25, -0.2) is 4.79 Å². The van der Waals surface area contributed by atoms with Gasteiger partial charge in [0.25, 0.3) is 5.92 Å². The van der Waals surface area contributed by atoms with E-state index in [1.54, 1.807) is 37.3 Å². The van der Waals surface area contributed by atoms with Gasteiger partial charge in [0, 0.05) is 12.5 Å². The van der Waals surface area contributed by atoms with Crippen LogP contribution in [0, 0.1) is 0 Å². The molecule has 0 saturated heterocycles. The molecule has 1 atom stereocenters. The van der Waals surface area contributed by atoms with Crippen molar-refractivity contribution in [3.63, 3.8) is 0 Å². The first kappa shape index (κ1) is 15.3.